The molecule has 1 atom stereocenters. The van der Waals surface area contributed by atoms with Crippen LogP contribution in [0.25, 0.3) is 0 Å². The highest BCUT2D eigenvalue weighted by molar-refractivity contribution is 5.97. The number of ether oxygens (including phenoxy) is 2. The Morgan fingerprint density at radius 3 is 2.14 bits per heavy atom. The number of methoxy groups -OCH3 is 1. The van der Waals surface area contributed by atoms with E-state index < -0.39 is 17.9 Å². The van der Waals surface area contributed by atoms with Crippen LogP contribution < -0.4 is 31.4 Å². The lowest BCUT2D eigenvalue weighted by atomic mass is 10.0. The predicted molar refractivity (Wildman–Crippen MR) is 136 cm³/mol. The van der Waals surface area contributed by atoms with Crippen LogP contribution in [0.1, 0.15) is 41.4 Å². The van der Waals surface area contributed by atoms with E-state index in [1.165, 1.54) is 31.4 Å². The zero-order valence-electron chi connectivity index (χ0n) is 20.2. The lowest BCUT2D eigenvalue weighted by molar-refractivity contribution is -0.122. The molecule has 0 saturated carbocycles. The van der Waals surface area contributed by atoms with Gasteiger partial charge in [0.25, 0.3) is 11.8 Å². The number of aromatic hydroxyl groups is 1. The van der Waals surface area contributed by atoms with Gasteiger partial charge in [-0.05, 0) is 80.1 Å². The highest BCUT2D eigenvalue weighted by Crippen LogP contribution is 2.32. The third kappa shape index (κ3) is 6.66. The molecule has 3 aromatic carbocycles. The number of amides is 2. The molecule has 0 aromatic heterocycles. The summed E-state index contributed by atoms with van der Waals surface area (Å²) in [5.41, 5.74) is 12.3. The Morgan fingerprint density at radius 1 is 0.917 bits per heavy atom. The zero-order valence-corrected chi connectivity index (χ0v) is 20.2. The number of rotatable bonds is 9. The molecule has 10 nitrogen and oxygen atoms in total. The highest BCUT2D eigenvalue weighted by Gasteiger charge is 2.23. The van der Waals surface area contributed by atoms with Crippen molar-refractivity contribution in [3.8, 4) is 17.2 Å². The van der Waals surface area contributed by atoms with Crippen molar-refractivity contribution in [3.05, 3.63) is 83.4 Å². The molecule has 1 unspecified atom stereocenters. The van der Waals surface area contributed by atoms with Crippen LogP contribution in [0.4, 0.5) is 5.69 Å². The van der Waals surface area contributed by atoms with Gasteiger partial charge in [-0.25, -0.2) is 0 Å². The number of nitrogens with one attached hydrogen (secondary N) is 4. The number of anilines is 1. The first-order valence-electron chi connectivity index (χ1n) is 11.1. The number of carbonyl (C=O) groups is 2. The quantitative estimate of drug-likeness (QED) is 0.152. The Hall–Kier alpha value is -4.73. The molecule has 0 aliphatic heterocycles. The van der Waals surface area contributed by atoms with Crippen LogP contribution >= 0.6 is 0 Å². The first kappa shape index (κ1) is 25.9. The van der Waals surface area contributed by atoms with Crippen LogP contribution in [-0.4, -0.2) is 36.0 Å². The topological polar surface area (TPSA) is 159 Å². The van der Waals surface area contributed by atoms with Gasteiger partial charge in [-0.15, -0.1) is 0 Å². The van der Waals surface area contributed by atoms with Gasteiger partial charge in [0, 0.05) is 16.8 Å². The van der Waals surface area contributed by atoms with Crippen molar-refractivity contribution >= 4 is 23.3 Å². The summed E-state index contributed by atoms with van der Waals surface area (Å²) < 4.78 is 11.2. The number of phenolic OH excluding ortho intramolecular Hbond substituents is 1. The fraction of sp³-hybridized carbons (Fsp3) is 0.192. The Bertz CT molecular complexity index is 1230. The van der Waals surface area contributed by atoms with E-state index in [4.69, 9.17) is 20.6 Å². The minimum Gasteiger partial charge on any atom is -0.508 e. The summed E-state index contributed by atoms with van der Waals surface area (Å²) in [4.78, 5) is 25.7. The van der Waals surface area contributed by atoms with Crippen molar-refractivity contribution in [2.75, 3.05) is 12.4 Å². The predicted octanol–water partition coefficient (Wildman–Crippen LogP) is 3.09. The maximum absolute atomic E-state index is 13.2. The Balaban J connectivity index is 1.86. The third-order valence-electron chi connectivity index (χ3n) is 5.08. The molecular weight excluding hydrogens is 462 g/mol. The second-order valence-corrected chi connectivity index (χ2v) is 8.14. The van der Waals surface area contributed by atoms with Crippen molar-refractivity contribution < 1.29 is 24.2 Å². The number of carbonyl (C=O) groups excluding carboxylic acids is 2. The van der Waals surface area contributed by atoms with Gasteiger partial charge in [-0.1, -0.05) is 6.07 Å². The lowest BCUT2D eigenvalue weighted by Crippen LogP contribution is -2.45. The van der Waals surface area contributed by atoms with E-state index in [0.717, 1.165) is 0 Å². The number of benzene rings is 3. The molecule has 0 aliphatic rings. The molecule has 188 valence electrons. The average molecular weight is 492 g/mol. The normalized spacial score (nSPS) is 11.3. The van der Waals surface area contributed by atoms with Gasteiger partial charge in [-0.2, -0.15) is 0 Å². The van der Waals surface area contributed by atoms with E-state index in [2.05, 4.69) is 16.2 Å². The van der Waals surface area contributed by atoms with Crippen LogP contribution in [-0.2, 0) is 4.79 Å². The number of hydrogen-bond donors (Lipinski definition) is 6. The van der Waals surface area contributed by atoms with E-state index in [1.54, 1.807) is 42.5 Å². The standard InChI is InChI=1S/C26H29N5O5/c1-15(2)36-21-13-8-18(14-22(21)35-3)23(29-19-9-4-16(5-10-19)24(27)28)26(34)31-30-25(33)17-6-11-20(32)12-7-17/h4-15,23,29,32H,1-3H3,(H3,27,28)(H,30,33)(H,31,34). The number of amidine groups is 1. The molecule has 0 aliphatic carbocycles. The molecule has 0 radical (unpaired) electrons. The number of hydrogen-bond acceptors (Lipinski definition) is 7. The fourth-order valence-corrected chi connectivity index (χ4v) is 3.30. The van der Waals surface area contributed by atoms with Crippen LogP contribution in [0, 0.1) is 5.41 Å². The molecule has 10 heteroatoms. The van der Waals surface area contributed by atoms with Gasteiger partial charge in [0.1, 0.15) is 17.6 Å². The molecule has 36 heavy (non-hydrogen) atoms. The highest BCUT2D eigenvalue weighted by atomic mass is 16.5. The summed E-state index contributed by atoms with van der Waals surface area (Å²) in [5, 5.41) is 20.1. The van der Waals surface area contributed by atoms with E-state index in [0.29, 0.717) is 28.3 Å². The monoisotopic (exact) mass is 491 g/mol. The molecular formula is C26H29N5O5. The van der Waals surface area contributed by atoms with Gasteiger partial charge in [0.15, 0.2) is 11.5 Å². The van der Waals surface area contributed by atoms with Gasteiger partial charge in [0.2, 0.25) is 0 Å². The second-order valence-electron chi connectivity index (χ2n) is 8.14. The minimum atomic E-state index is -0.935. The molecule has 0 saturated heterocycles. The molecule has 0 bridgehead atoms. The van der Waals surface area contributed by atoms with Crippen molar-refractivity contribution in [3.63, 3.8) is 0 Å². The summed E-state index contributed by atoms with van der Waals surface area (Å²) >= 11 is 0. The van der Waals surface area contributed by atoms with E-state index in [-0.39, 0.29) is 23.3 Å². The van der Waals surface area contributed by atoms with Gasteiger partial charge >= 0.3 is 0 Å². The largest absolute Gasteiger partial charge is 0.508 e. The van der Waals surface area contributed by atoms with Crippen LogP contribution in [0.2, 0.25) is 0 Å². The third-order valence-corrected chi connectivity index (χ3v) is 5.08. The maximum Gasteiger partial charge on any atom is 0.269 e. The van der Waals surface area contributed by atoms with Crippen molar-refractivity contribution in [2.24, 2.45) is 5.73 Å². The van der Waals surface area contributed by atoms with Crippen LogP contribution in [0.15, 0.2) is 66.7 Å². The van der Waals surface area contributed by atoms with Crippen molar-refractivity contribution in [1.82, 2.24) is 10.9 Å². The SMILES string of the molecule is COc1cc(C(Nc2ccc(C(=N)N)cc2)C(=O)NNC(=O)c2ccc(O)cc2)ccc1OC(C)C. The smallest absolute Gasteiger partial charge is 0.269 e. The summed E-state index contributed by atoms with van der Waals surface area (Å²) in [6.07, 6.45) is -0.0723. The average Bonchev–Trinajstić information content (AvgIpc) is 2.86. The number of nitrogens with two attached hydrogens (primary N) is 1. The van der Waals surface area contributed by atoms with Gasteiger partial charge in [-0.3, -0.25) is 25.8 Å². The van der Waals surface area contributed by atoms with Crippen molar-refractivity contribution in [1.29, 1.82) is 5.41 Å². The number of hydrazine groups is 1. The number of phenols is 1. The first-order valence-corrected chi connectivity index (χ1v) is 11.1. The summed E-state index contributed by atoms with van der Waals surface area (Å²) in [5.74, 6) is -0.168. The molecule has 0 spiro atoms. The summed E-state index contributed by atoms with van der Waals surface area (Å²) in [6.45, 7) is 3.79. The lowest BCUT2D eigenvalue weighted by Gasteiger charge is -2.22. The minimum absolute atomic E-state index is 0.0227. The molecule has 3 rings (SSSR count). The van der Waals surface area contributed by atoms with Crippen LogP contribution in [0.3, 0.4) is 0 Å². The summed E-state index contributed by atoms with van der Waals surface area (Å²) in [6, 6.07) is 16.5. The van der Waals surface area contributed by atoms with Crippen LogP contribution in [0.5, 0.6) is 17.2 Å². The Labute approximate surface area is 208 Å². The summed E-state index contributed by atoms with van der Waals surface area (Å²) in [7, 11) is 1.51. The fourth-order valence-electron chi connectivity index (χ4n) is 3.30. The second kappa shape index (κ2) is 11.6. The first-order chi connectivity index (χ1) is 17.2. The molecule has 0 fully saturated rings. The molecule has 7 N–H and O–H groups in total. The van der Waals surface area contributed by atoms with Gasteiger partial charge in [0.05, 0.1) is 13.2 Å². The van der Waals surface area contributed by atoms with Gasteiger partial charge < -0.3 is 25.6 Å². The maximum atomic E-state index is 13.2. The van der Waals surface area contributed by atoms with Crippen molar-refractivity contribution in [2.45, 2.75) is 26.0 Å². The van der Waals surface area contributed by atoms with E-state index in [1.807, 2.05) is 13.8 Å². The molecule has 2 amide bonds. The number of nitrogen functional groups attached to an aromatic ring is 1. The van der Waals surface area contributed by atoms with E-state index in [9.17, 15) is 14.7 Å². The van der Waals surface area contributed by atoms with E-state index >= 15 is 0 Å². The Kier molecular flexibility index (Phi) is 8.35. The molecule has 0 heterocycles. The zero-order chi connectivity index (χ0) is 26.2. The molecule has 3 aromatic rings. The Morgan fingerprint density at radius 2 is 1.56 bits per heavy atom.